The zero-order chi connectivity index (χ0) is 30.4. The third kappa shape index (κ3) is 6.27. The molecule has 0 saturated carbocycles. The molecule has 12 nitrogen and oxygen atoms in total. The van der Waals surface area contributed by atoms with Crippen molar-refractivity contribution in [2.24, 2.45) is 0 Å². The number of sulfonamides is 1. The number of imidazole rings is 1. The normalized spacial score (nSPS) is 11.8. The molecule has 0 radical (unpaired) electrons. The summed E-state index contributed by atoms with van der Waals surface area (Å²) in [5, 5.41) is 14.2. The number of hydrogen-bond donors (Lipinski definition) is 2. The summed E-state index contributed by atoms with van der Waals surface area (Å²) in [4.78, 5) is 20.4. The average molecular weight is 600 g/mol. The quantitative estimate of drug-likeness (QED) is 0.223. The summed E-state index contributed by atoms with van der Waals surface area (Å²) in [7, 11) is -1.06. The first-order valence-electron chi connectivity index (χ1n) is 13.8. The van der Waals surface area contributed by atoms with Crippen LogP contribution in [0.4, 0.5) is 0 Å². The summed E-state index contributed by atoms with van der Waals surface area (Å²) < 4.78 is 47.5. The highest BCUT2D eigenvalue weighted by atomic mass is 32.2. The molecule has 0 aliphatic carbocycles. The highest BCUT2D eigenvalue weighted by Crippen LogP contribution is 2.33. The third-order valence-corrected chi connectivity index (χ3v) is 8.61. The Hall–Kier alpha value is -3.94. The molecule has 0 bridgehead atoms. The van der Waals surface area contributed by atoms with Gasteiger partial charge in [-0.25, -0.2) is 17.9 Å². The fourth-order valence-electron chi connectivity index (χ4n) is 4.73. The van der Waals surface area contributed by atoms with Gasteiger partial charge in [0.05, 0.1) is 37.0 Å². The van der Waals surface area contributed by atoms with E-state index in [1.54, 1.807) is 31.2 Å². The van der Waals surface area contributed by atoms with Crippen molar-refractivity contribution in [3.8, 4) is 28.6 Å². The number of aliphatic hydroxyl groups excluding tert-OH is 1. The van der Waals surface area contributed by atoms with Crippen molar-refractivity contribution in [1.29, 1.82) is 0 Å². The maximum absolute atomic E-state index is 14.1. The zero-order valence-electron chi connectivity index (χ0n) is 24.5. The van der Waals surface area contributed by atoms with Crippen molar-refractivity contribution in [2.45, 2.75) is 51.5 Å². The van der Waals surface area contributed by atoms with Gasteiger partial charge < -0.3 is 24.3 Å². The van der Waals surface area contributed by atoms with Gasteiger partial charge in [-0.1, -0.05) is 13.0 Å². The number of benzene rings is 2. The number of methoxy groups -OCH3 is 2. The molecule has 2 aromatic heterocycles. The number of ether oxygens (including phenoxy) is 3. The maximum atomic E-state index is 14.1. The topological polar surface area (TPSA) is 148 Å². The number of fused-ring (bicyclic) bond motifs is 1. The van der Waals surface area contributed by atoms with Gasteiger partial charge in [0.2, 0.25) is 10.0 Å². The van der Waals surface area contributed by atoms with Gasteiger partial charge in [-0.3, -0.25) is 4.79 Å². The van der Waals surface area contributed by atoms with Crippen LogP contribution in [0.15, 0.2) is 46.1 Å². The number of aromatic nitrogens is 4. The monoisotopic (exact) mass is 599 g/mol. The number of nitrogens with zero attached hydrogens (tertiary/aromatic N) is 4. The van der Waals surface area contributed by atoms with E-state index in [0.717, 1.165) is 6.42 Å². The van der Waals surface area contributed by atoms with Crippen molar-refractivity contribution < 1.29 is 27.7 Å². The Kier molecular flexibility index (Phi) is 9.86. The van der Waals surface area contributed by atoms with E-state index in [0.29, 0.717) is 58.4 Å². The van der Waals surface area contributed by atoms with Crippen LogP contribution in [0.2, 0.25) is 0 Å². The van der Waals surface area contributed by atoms with Gasteiger partial charge in [0, 0.05) is 37.7 Å². The van der Waals surface area contributed by atoms with E-state index in [1.807, 2.05) is 13.8 Å². The fraction of sp³-hybridized carbons (Fsp3) is 0.414. The smallest absolute Gasteiger partial charge is 0.277 e. The van der Waals surface area contributed by atoms with Crippen LogP contribution < -0.4 is 19.8 Å². The van der Waals surface area contributed by atoms with Gasteiger partial charge in [-0.2, -0.15) is 4.31 Å². The second-order valence-electron chi connectivity index (χ2n) is 9.61. The fourth-order valence-corrected chi connectivity index (χ4v) is 6.22. The largest absolute Gasteiger partial charge is 0.497 e. The number of nitrogens with one attached hydrogen (secondary N) is 1. The van der Waals surface area contributed by atoms with E-state index in [-0.39, 0.29) is 42.4 Å². The van der Waals surface area contributed by atoms with Crippen molar-refractivity contribution in [2.75, 3.05) is 34.0 Å². The Morgan fingerprint density at radius 3 is 2.52 bits per heavy atom. The summed E-state index contributed by atoms with van der Waals surface area (Å²) in [6.07, 6.45) is 1.66. The lowest BCUT2D eigenvalue weighted by molar-refractivity contribution is 0.267. The zero-order valence-corrected chi connectivity index (χ0v) is 25.3. The Morgan fingerprint density at radius 2 is 1.86 bits per heavy atom. The van der Waals surface area contributed by atoms with Crippen LogP contribution in [-0.4, -0.2) is 71.4 Å². The molecule has 2 aromatic carbocycles. The lowest BCUT2D eigenvalue weighted by atomic mass is 10.2. The summed E-state index contributed by atoms with van der Waals surface area (Å²) in [6, 6.07) is 9.62. The first-order valence-corrected chi connectivity index (χ1v) is 15.2. The van der Waals surface area contributed by atoms with E-state index < -0.39 is 10.0 Å². The molecule has 0 spiro atoms. The van der Waals surface area contributed by atoms with Gasteiger partial charge >= 0.3 is 0 Å². The summed E-state index contributed by atoms with van der Waals surface area (Å²) >= 11 is 0. The molecule has 42 heavy (non-hydrogen) atoms. The SMILES string of the molecule is CCCc1nc(C)c2c(=O)[nH]c(-c3cc(S(=O)(=O)N(CCCO)Cc4ccc(OC)cc4OC)ccc3OCC)nn12. The van der Waals surface area contributed by atoms with E-state index in [2.05, 4.69) is 15.1 Å². The molecule has 0 saturated heterocycles. The minimum absolute atomic E-state index is 0.00617. The maximum Gasteiger partial charge on any atom is 0.277 e. The first-order chi connectivity index (χ1) is 20.2. The second kappa shape index (κ2) is 13.4. The molecule has 2 heterocycles. The molecule has 13 heteroatoms. The number of aromatic amines is 1. The molecule has 4 aromatic rings. The first kappa shape index (κ1) is 31.0. The van der Waals surface area contributed by atoms with Gasteiger partial charge in [-0.15, -0.1) is 5.10 Å². The highest BCUT2D eigenvalue weighted by Gasteiger charge is 2.28. The third-order valence-electron chi connectivity index (χ3n) is 6.77. The predicted octanol–water partition coefficient (Wildman–Crippen LogP) is 3.33. The molecule has 0 fully saturated rings. The molecule has 0 aliphatic heterocycles. The van der Waals surface area contributed by atoms with Gasteiger partial charge in [0.1, 0.15) is 23.1 Å². The standard InChI is InChI=1S/C29H37N5O7S/c1-6-9-26-30-19(3)27-29(36)31-28(32-34(26)27)23-17-22(12-13-24(23)41-7-2)42(37,38)33(14-8-15-35)18-20-10-11-21(39-4)16-25(20)40-5/h10-13,16-17,35H,6-9,14-15,18H2,1-5H3,(H,31,32,36). The molecule has 0 unspecified atom stereocenters. The van der Waals surface area contributed by atoms with Crippen molar-refractivity contribution in [1.82, 2.24) is 23.9 Å². The molecular weight excluding hydrogens is 562 g/mol. The molecule has 2 N–H and O–H groups in total. The number of rotatable bonds is 14. The Labute approximate surface area is 244 Å². The second-order valence-corrected chi connectivity index (χ2v) is 11.5. The van der Waals surface area contributed by atoms with E-state index >= 15 is 0 Å². The molecule has 226 valence electrons. The Bertz CT molecular complexity index is 1720. The van der Waals surface area contributed by atoms with E-state index in [4.69, 9.17) is 14.2 Å². The van der Waals surface area contributed by atoms with E-state index in [1.165, 1.54) is 35.2 Å². The van der Waals surface area contributed by atoms with E-state index in [9.17, 15) is 18.3 Å². The van der Waals surface area contributed by atoms with Crippen LogP contribution in [0.3, 0.4) is 0 Å². The Morgan fingerprint density at radius 1 is 1.07 bits per heavy atom. The summed E-state index contributed by atoms with van der Waals surface area (Å²) in [6.45, 7) is 5.76. The highest BCUT2D eigenvalue weighted by molar-refractivity contribution is 7.89. The molecule has 0 amide bonds. The van der Waals surface area contributed by atoms with Crippen LogP contribution in [0.1, 0.15) is 43.8 Å². The predicted molar refractivity (Wildman–Crippen MR) is 158 cm³/mol. The van der Waals surface area contributed by atoms with Crippen LogP contribution >= 0.6 is 0 Å². The summed E-state index contributed by atoms with van der Waals surface area (Å²) in [5.41, 5.74) is 1.46. The Balaban J connectivity index is 1.83. The molecular formula is C29H37N5O7S. The van der Waals surface area contributed by atoms with Crippen LogP contribution in [0, 0.1) is 6.92 Å². The number of H-pyrrole nitrogens is 1. The minimum Gasteiger partial charge on any atom is -0.497 e. The molecule has 4 rings (SSSR count). The van der Waals surface area contributed by atoms with Crippen LogP contribution in [-0.2, 0) is 23.0 Å². The lowest BCUT2D eigenvalue weighted by Gasteiger charge is -2.24. The number of aryl methyl sites for hydroxylation is 2. The lowest BCUT2D eigenvalue weighted by Crippen LogP contribution is -2.32. The number of hydrogen-bond acceptors (Lipinski definition) is 9. The number of aliphatic hydroxyl groups is 1. The van der Waals surface area contributed by atoms with Gasteiger partial charge in [0.15, 0.2) is 11.3 Å². The molecule has 0 atom stereocenters. The van der Waals surface area contributed by atoms with Gasteiger partial charge in [0.25, 0.3) is 5.56 Å². The molecule has 0 aliphatic rings. The van der Waals surface area contributed by atoms with Crippen LogP contribution in [0.5, 0.6) is 17.2 Å². The minimum atomic E-state index is -4.10. The average Bonchev–Trinajstić information content (AvgIpc) is 3.30. The summed E-state index contributed by atoms with van der Waals surface area (Å²) in [5.74, 6) is 2.21. The van der Waals surface area contributed by atoms with Crippen molar-refractivity contribution in [3.05, 3.63) is 63.8 Å². The van der Waals surface area contributed by atoms with Crippen molar-refractivity contribution in [3.63, 3.8) is 0 Å². The van der Waals surface area contributed by atoms with Gasteiger partial charge in [-0.05, 0) is 51.0 Å². The van der Waals surface area contributed by atoms with Crippen LogP contribution in [0.25, 0.3) is 16.9 Å². The van der Waals surface area contributed by atoms with Crippen molar-refractivity contribution >= 4 is 15.5 Å².